The molecule has 1 aromatic heterocycles. The van der Waals surface area contributed by atoms with Gasteiger partial charge < -0.3 is 19.7 Å². The van der Waals surface area contributed by atoms with Crippen LogP contribution in [0.1, 0.15) is 11.1 Å². The smallest absolute Gasteiger partial charge is 0.353 e. The fraction of sp³-hybridized carbons (Fsp3) is 0.304. The van der Waals surface area contributed by atoms with Crippen molar-refractivity contribution in [3.8, 4) is 11.5 Å². The Balaban J connectivity index is 1.26. The second-order valence-electron chi connectivity index (χ2n) is 8.05. The number of halogens is 1. The van der Waals surface area contributed by atoms with Crippen molar-refractivity contribution in [1.82, 2.24) is 14.9 Å². The zero-order valence-corrected chi connectivity index (χ0v) is 19.1. The Morgan fingerprint density at radius 1 is 1.06 bits per heavy atom. The van der Waals surface area contributed by atoms with Crippen LogP contribution in [0.4, 0.5) is 17.3 Å². The van der Waals surface area contributed by atoms with E-state index in [0.717, 1.165) is 42.3 Å². The Bertz CT molecular complexity index is 1200. The largest absolute Gasteiger partial charge is 0.454 e. The van der Waals surface area contributed by atoms with E-state index in [-0.39, 0.29) is 18.3 Å². The Morgan fingerprint density at radius 3 is 2.65 bits per heavy atom. The summed E-state index contributed by atoms with van der Waals surface area (Å²) in [5.41, 5.74) is 1.84. The third-order valence-corrected chi connectivity index (χ3v) is 6.27. The van der Waals surface area contributed by atoms with Crippen molar-refractivity contribution in [2.75, 3.05) is 43.2 Å². The molecule has 2 aliphatic heterocycles. The van der Waals surface area contributed by atoms with E-state index in [0.29, 0.717) is 30.5 Å². The highest BCUT2D eigenvalue weighted by atomic mass is 35.5. The number of nitrogens with one attached hydrogen (secondary N) is 1. The predicted molar refractivity (Wildman–Crippen MR) is 128 cm³/mol. The van der Waals surface area contributed by atoms with Gasteiger partial charge in [-0.15, -0.1) is 0 Å². The molecule has 0 radical (unpaired) electrons. The average molecular weight is 483 g/mol. The molecule has 0 bridgehead atoms. The van der Waals surface area contributed by atoms with Crippen molar-refractivity contribution in [1.29, 1.82) is 0 Å². The third-order valence-electron chi connectivity index (χ3n) is 5.90. The molecule has 1 N–H and O–H groups in total. The lowest BCUT2D eigenvalue weighted by Gasteiger charge is -2.35. The Morgan fingerprint density at radius 2 is 1.85 bits per heavy atom. The first kappa shape index (κ1) is 22.2. The van der Waals surface area contributed by atoms with E-state index in [9.17, 15) is 10.1 Å². The summed E-state index contributed by atoms with van der Waals surface area (Å²) in [4.78, 5) is 24.2. The molecule has 176 valence electrons. The second kappa shape index (κ2) is 9.70. The van der Waals surface area contributed by atoms with Crippen LogP contribution in [0, 0.1) is 10.1 Å². The summed E-state index contributed by atoms with van der Waals surface area (Å²) in [6.45, 7) is 4.07. The van der Waals surface area contributed by atoms with Gasteiger partial charge in [-0.3, -0.25) is 15.0 Å². The molecule has 1 fully saturated rings. The number of ether oxygens (including phenoxy) is 2. The molecule has 0 atom stereocenters. The minimum absolute atomic E-state index is 0.126. The number of fused-ring (bicyclic) bond motifs is 1. The van der Waals surface area contributed by atoms with Gasteiger partial charge in [0.15, 0.2) is 11.5 Å². The Labute approximate surface area is 201 Å². The molecule has 10 nitrogen and oxygen atoms in total. The maximum atomic E-state index is 12.0. The van der Waals surface area contributed by atoms with Crippen LogP contribution in [0.5, 0.6) is 11.5 Å². The molecule has 2 aliphatic rings. The van der Waals surface area contributed by atoms with Gasteiger partial charge in [0, 0.05) is 44.3 Å². The van der Waals surface area contributed by atoms with Gasteiger partial charge in [0.05, 0.1) is 4.92 Å². The molecule has 0 aliphatic carbocycles. The van der Waals surface area contributed by atoms with Gasteiger partial charge in [0.25, 0.3) is 0 Å². The minimum Gasteiger partial charge on any atom is -0.454 e. The minimum atomic E-state index is -0.427. The number of nitrogens with zero attached hydrogens (tertiary/aromatic N) is 5. The molecule has 1 saturated heterocycles. The highest BCUT2D eigenvalue weighted by molar-refractivity contribution is 6.31. The number of benzene rings is 2. The number of rotatable bonds is 7. The maximum absolute atomic E-state index is 12.0. The molecule has 2 aromatic carbocycles. The number of anilines is 2. The number of piperazine rings is 1. The molecule has 0 unspecified atom stereocenters. The topological polar surface area (TPSA) is 106 Å². The molecular formula is C23H23ClN6O4. The normalized spacial score (nSPS) is 15.4. The summed E-state index contributed by atoms with van der Waals surface area (Å²) in [7, 11) is 0. The summed E-state index contributed by atoms with van der Waals surface area (Å²) >= 11 is 6.21. The third kappa shape index (κ3) is 4.68. The van der Waals surface area contributed by atoms with E-state index in [1.165, 1.54) is 6.33 Å². The van der Waals surface area contributed by atoms with Crippen molar-refractivity contribution in [2.24, 2.45) is 0 Å². The number of aromatic nitrogens is 2. The van der Waals surface area contributed by atoms with Gasteiger partial charge in [-0.25, -0.2) is 9.97 Å². The molecular weight excluding hydrogens is 460 g/mol. The zero-order valence-electron chi connectivity index (χ0n) is 18.3. The van der Waals surface area contributed by atoms with Crippen molar-refractivity contribution in [3.63, 3.8) is 0 Å². The van der Waals surface area contributed by atoms with Crippen LogP contribution in [0.2, 0.25) is 5.02 Å². The zero-order chi connectivity index (χ0) is 23.5. The highest BCUT2D eigenvalue weighted by Crippen LogP contribution is 2.34. The Kier molecular flexibility index (Phi) is 6.33. The molecule has 0 amide bonds. The monoisotopic (exact) mass is 482 g/mol. The summed E-state index contributed by atoms with van der Waals surface area (Å²) in [6, 6.07) is 13.3. The van der Waals surface area contributed by atoms with Gasteiger partial charge in [-0.2, -0.15) is 0 Å². The van der Waals surface area contributed by atoms with Crippen molar-refractivity contribution < 1.29 is 14.4 Å². The lowest BCUT2D eigenvalue weighted by molar-refractivity contribution is -0.383. The van der Waals surface area contributed by atoms with Gasteiger partial charge in [0.1, 0.15) is 6.33 Å². The number of hydrogen-bond donors (Lipinski definition) is 1. The van der Waals surface area contributed by atoms with Gasteiger partial charge >= 0.3 is 5.69 Å². The van der Waals surface area contributed by atoms with E-state index < -0.39 is 4.92 Å². The van der Waals surface area contributed by atoms with Crippen molar-refractivity contribution >= 4 is 28.9 Å². The van der Waals surface area contributed by atoms with Crippen LogP contribution in [-0.4, -0.2) is 52.8 Å². The van der Waals surface area contributed by atoms with E-state index >= 15 is 0 Å². The SMILES string of the molecule is O=[N+]([O-])c1c(NCc2ccccc2Cl)ncnc1N1CCN(Cc2ccc3c(c2)OCO3)CC1. The fourth-order valence-corrected chi connectivity index (χ4v) is 4.34. The molecule has 34 heavy (non-hydrogen) atoms. The van der Waals surface area contributed by atoms with E-state index in [1.54, 1.807) is 6.07 Å². The maximum Gasteiger partial charge on any atom is 0.353 e. The number of hydrogen-bond acceptors (Lipinski definition) is 9. The lowest BCUT2D eigenvalue weighted by Crippen LogP contribution is -2.46. The molecule has 0 spiro atoms. The van der Waals surface area contributed by atoms with Crippen LogP contribution in [0.3, 0.4) is 0 Å². The first-order chi connectivity index (χ1) is 16.6. The van der Waals surface area contributed by atoms with E-state index in [2.05, 4.69) is 20.2 Å². The van der Waals surface area contributed by atoms with Crippen LogP contribution in [0.15, 0.2) is 48.8 Å². The number of nitro groups is 1. The molecule has 11 heteroatoms. The van der Waals surface area contributed by atoms with Gasteiger partial charge in [-0.05, 0) is 29.3 Å². The summed E-state index contributed by atoms with van der Waals surface area (Å²) in [5.74, 6) is 2.04. The van der Waals surface area contributed by atoms with Crippen molar-refractivity contribution in [2.45, 2.75) is 13.1 Å². The van der Waals surface area contributed by atoms with E-state index in [1.807, 2.05) is 41.3 Å². The lowest BCUT2D eigenvalue weighted by atomic mass is 10.1. The molecule has 5 rings (SSSR count). The molecule has 3 aromatic rings. The fourth-order valence-electron chi connectivity index (χ4n) is 4.13. The first-order valence-electron chi connectivity index (χ1n) is 10.9. The quantitative estimate of drug-likeness (QED) is 0.398. The molecule has 3 heterocycles. The van der Waals surface area contributed by atoms with E-state index in [4.69, 9.17) is 21.1 Å². The van der Waals surface area contributed by atoms with Crippen LogP contribution in [-0.2, 0) is 13.1 Å². The second-order valence-corrected chi connectivity index (χ2v) is 8.45. The van der Waals surface area contributed by atoms with Crippen LogP contribution >= 0.6 is 11.6 Å². The summed E-state index contributed by atoms with van der Waals surface area (Å²) < 4.78 is 10.8. The highest BCUT2D eigenvalue weighted by Gasteiger charge is 2.29. The van der Waals surface area contributed by atoms with Crippen LogP contribution < -0.4 is 19.7 Å². The van der Waals surface area contributed by atoms with Gasteiger partial charge in [-0.1, -0.05) is 35.9 Å². The standard InChI is InChI=1S/C23H23ClN6O4/c24-18-4-2-1-3-17(18)12-25-22-21(30(31)32)23(27-14-26-22)29-9-7-28(8-10-29)13-16-5-6-19-20(11-16)34-15-33-19/h1-6,11,14H,7-10,12-13,15H2,(H,25,26,27). The Hall–Kier alpha value is -3.63. The van der Waals surface area contributed by atoms with Crippen LogP contribution in [0.25, 0.3) is 0 Å². The first-order valence-corrected chi connectivity index (χ1v) is 11.3. The predicted octanol–water partition coefficient (Wildman–Crippen LogP) is 3.70. The van der Waals surface area contributed by atoms with Crippen molar-refractivity contribution in [3.05, 3.63) is 75.1 Å². The van der Waals surface area contributed by atoms with Gasteiger partial charge in [0.2, 0.25) is 18.4 Å². The summed E-state index contributed by atoms with van der Waals surface area (Å²) in [5, 5.41) is 15.6. The summed E-state index contributed by atoms with van der Waals surface area (Å²) in [6.07, 6.45) is 1.36. The average Bonchev–Trinajstić information content (AvgIpc) is 3.32. The molecule has 0 saturated carbocycles.